The average Bonchev–Trinajstić information content (AvgIpc) is 2.41. The molecular weight excluding hydrogens is 290 g/mol. The van der Waals surface area contributed by atoms with E-state index >= 15 is 0 Å². The largest absolute Gasteiger partial charge is 0.311 e. The van der Waals surface area contributed by atoms with Gasteiger partial charge in [0.1, 0.15) is 0 Å². The van der Waals surface area contributed by atoms with E-state index in [0.29, 0.717) is 0 Å². The van der Waals surface area contributed by atoms with Gasteiger partial charge in [-0.3, -0.25) is 4.79 Å². The Bertz CT molecular complexity index is 422. The number of carbonyl (C=O) groups is 1. The molecule has 1 aliphatic heterocycles. The summed E-state index contributed by atoms with van der Waals surface area (Å²) < 4.78 is 0. The number of aryl methyl sites for hydroxylation is 2. The van der Waals surface area contributed by atoms with Crippen molar-refractivity contribution >= 4 is 27.5 Å². The lowest BCUT2D eigenvalue weighted by molar-refractivity contribution is -0.118. The van der Waals surface area contributed by atoms with Crippen LogP contribution in [-0.4, -0.2) is 17.3 Å². The van der Waals surface area contributed by atoms with Crippen molar-refractivity contribution in [2.24, 2.45) is 0 Å². The summed E-state index contributed by atoms with van der Waals surface area (Å²) in [6, 6.07) is 6.38. The quantitative estimate of drug-likeness (QED) is 0.780. The second kappa shape index (κ2) is 5.87. The molecule has 1 fully saturated rings. The lowest BCUT2D eigenvalue weighted by atomic mass is 9.99. The molecule has 0 aliphatic carbocycles. The number of para-hydroxylation sites is 1. The molecule has 18 heavy (non-hydrogen) atoms. The van der Waals surface area contributed by atoms with Crippen LogP contribution in [0.3, 0.4) is 0 Å². The second-order valence-electron chi connectivity index (χ2n) is 4.73. The number of carbonyl (C=O) groups excluding carboxylic acids is 1. The first-order valence-corrected chi connectivity index (χ1v) is 7.66. The molecule has 1 unspecified atom stereocenters. The zero-order valence-corrected chi connectivity index (χ0v) is 12.7. The third kappa shape index (κ3) is 2.46. The molecule has 2 nitrogen and oxygen atoms in total. The maximum atomic E-state index is 12.3. The first-order chi connectivity index (χ1) is 8.69. The number of alkyl halides is 1. The molecule has 3 heteroatoms. The van der Waals surface area contributed by atoms with Gasteiger partial charge >= 0.3 is 0 Å². The molecule has 0 radical (unpaired) electrons. The Morgan fingerprint density at radius 2 is 1.89 bits per heavy atom. The highest BCUT2D eigenvalue weighted by molar-refractivity contribution is 9.10. The lowest BCUT2D eigenvalue weighted by Crippen LogP contribution is -2.42. The molecular formula is C15H20BrNO. The molecule has 1 atom stereocenters. The van der Waals surface area contributed by atoms with Crippen LogP contribution < -0.4 is 4.90 Å². The second-order valence-corrected chi connectivity index (χ2v) is 5.84. The van der Waals surface area contributed by atoms with E-state index in [1.54, 1.807) is 0 Å². The Kier molecular flexibility index (Phi) is 4.44. The summed E-state index contributed by atoms with van der Waals surface area (Å²) in [6.07, 6.45) is 3.97. The topological polar surface area (TPSA) is 20.3 Å². The van der Waals surface area contributed by atoms with Crippen molar-refractivity contribution in [3.8, 4) is 0 Å². The molecule has 2 rings (SSSR count). The van der Waals surface area contributed by atoms with Crippen LogP contribution in [0.4, 0.5) is 5.69 Å². The SMILES string of the molecule is CCc1cccc(CC)c1N1CCCC(Br)C1=O. The molecule has 0 aromatic heterocycles. The fraction of sp³-hybridized carbons (Fsp3) is 0.533. The molecule has 0 N–H and O–H groups in total. The van der Waals surface area contributed by atoms with Crippen molar-refractivity contribution in [2.45, 2.75) is 44.4 Å². The molecule has 1 saturated heterocycles. The van der Waals surface area contributed by atoms with E-state index in [1.165, 1.54) is 11.1 Å². The van der Waals surface area contributed by atoms with Gasteiger partial charge < -0.3 is 4.90 Å². The number of halogens is 1. The number of anilines is 1. The number of hydrogen-bond acceptors (Lipinski definition) is 1. The smallest absolute Gasteiger partial charge is 0.240 e. The van der Waals surface area contributed by atoms with Gasteiger partial charge in [0.25, 0.3) is 0 Å². The van der Waals surface area contributed by atoms with Gasteiger partial charge in [0.2, 0.25) is 5.91 Å². The molecule has 0 bridgehead atoms. The average molecular weight is 310 g/mol. The molecule has 1 aromatic rings. The van der Waals surface area contributed by atoms with Crippen LogP contribution in [0.2, 0.25) is 0 Å². The van der Waals surface area contributed by atoms with E-state index in [4.69, 9.17) is 0 Å². The summed E-state index contributed by atoms with van der Waals surface area (Å²) in [4.78, 5) is 14.3. The highest BCUT2D eigenvalue weighted by Gasteiger charge is 2.29. The normalized spacial score (nSPS) is 20.3. The van der Waals surface area contributed by atoms with Crippen LogP contribution in [0.25, 0.3) is 0 Å². The minimum Gasteiger partial charge on any atom is -0.311 e. The van der Waals surface area contributed by atoms with Gasteiger partial charge in [0.05, 0.1) is 4.83 Å². The van der Waals surface area contributed by atoms with Gasteiger partial charge in [-0.1, -0.05) is 48.0 Å². The summed E-state index contributed by atoms with van der Waals surface area (Å²) in [6.45, 7) is 5.15. The van der Waals surface area contributed by atoms with Crippen molar-refractivity contribution in [1.29, 1.82) is 0 Å². The van der Waals surface area contributed by atoms with Gasteiger partial charge in [-0.05, 0) is 36.8 Å². The fourth-order valence-electron chi connectivity index (χ4n) is 2.62. The Hall–Kier alpha value is -0.830. The Morgan fingerprint density at radius 3 is 2.44 bits per heavy atom. The van der Waals surface area contributed by atoms with Gasteiger partial charge in [-0.15, -0.1) is 0 Å². The third-order valence-electron chi connectivity index (χ3n) is 3.61. The first-order valence-electron chi connectivity index (χ1n) is 6.75. The van der Waals surface area contributed by atoms with Gasteiger partial charge in [-0.25, -0.2) is 0 Å². The maximum Gasteiger partial charge on any atom is 0.240 e. The van der Waals surface area contributed by atoms with Crippen molar-refractivity contribution in [3.63, 3.8) is 0 Å². The van der Waals surface area contributed by atoms with E-state index in [9.17, 15) is 4.79 Å². The predicted octanol–water partition coefficient (Wildman–Crippen LogP) is 3.70. The Labute approximate surface area is 117 Å². The molecule has 98 valence electrons. The Morgan fingerprint density at radius 1 is 1.28 bits per heavy atom. The zero-order chi connectivity index (χ0) is 13.1. The number of hydrogen-bond donors (Lipinski definition) is 0. The summed E-state index contributed by atoms with van der Waals surface area (Å²) in [5.41, 5.74) is 3.73. The Balaban J connectivity index is 2.45. The molecule has 1 aliphatic rings. The minimum atomic E-state index is -0.0131. The van der Waals surface area contributed by atoms with Crippen LogP contribution >= 0.6 is 15.9 Å². The number of benzene rings is 1. The highest BCUT2D eigenvalue weighted by Crippen LogP contribution is 2.31. The number of piperidine rings is 1. The van der Waals surface area contributed by atoms with Crippen molar-refractivity contribution < 1.29 is 4.79 Å². The van der Waals surface area contributed by atoms with E-state index in [0.717, 1.165) is 37.9 Å². The van der Waals surface area contributed by atoms with E-state index in [2.05, 4.69) is 48.0 Å². The van der Waals surface area contributed by atoms with E-state index in [-0.39, 0.29) is 10.7 Å². The van der Waals surface area contributed by atoms with Crippen molar-refractivity contribution in [1.82, 2.24) is 0 Å². The first kappa shape index (κ1) is 13.6. The summed E-state index contributed by atoms with van der Waals surface area (Å²) >= 11 is 3.49. The van der Waals surface area contributed by atoms with Gasteiger partial charge in [0.15, 0.2) is 0 Å². The molecule has 1 amide bonds. The standard InChI is InChI=1S/C15H20BrNO/c1-3-11-7-5-8-12(4-2)14(11)17-10-6-9-13(16)15(17)18/h5,7-8,13H,3-4,6,9-10H2,1-2H3. The van der Waals surface area contributed by atoms with Crippen LogP contribution in [0.15, 0.2) is 18.2 Å². The summed E-state index contributed by atoms with van der Waals surface area (Å²) in [5.74, 6) is 0.219. The highest BCUT2D eigenvalue weighted by atomic mass is 79.9. The number of rotatable bonds is 3. The summed E-state index contributed by atoms with van der Waals surface area (Å²) in [7, 11) is 0. The molecule has 0 spiro atoms. The third-order valence-corrected chi connectivity index (χ3v) is 4.46. The maximum absolute atomic E-state index is 12.3. The minimum absolute atomic E-state index is 0.0131. The van der Waals surface area contributed by atoms with Crippen LogP contribution in [0, 0.1) is 0 Å². The number of nitrogens with zero attached hydrogens (tertiary/aromatic N) is 1. The zero-order valence-electron chi connectivity index (χ0n) is 11.1. The molecule has 1 heterocycles. The predicted molar refractivity (Wildman–Crippen MR) is 79.5 cm³/mol. The lowest BCUT2D eigenvalue weighted by Gasteiger charge is -2.33. The van der Waals surface area contributed by atoms with Crippen LogP contribution in [-0.2, 0) is 17.6 Å². The number of amides is 1. The molecule has 1 aromatic carbocycles. The van der Waals surface area contributed by atoms with Gasteiger partial charge in [0, 0.05) is 12.2 Å². The molecule has 0 saturated carbocycles. The van der Waals surface area contributed by atoms with Gasteiger partial charge in [-0.2, -0.15) is 0 Å². The fourth-order valence-corrected chi connectivity index (χ4v) is 3.19. The van der Waals surface area contributed by atoms with E-state index in [1.807, 2.05) is 4.90 Å². The monoisotopic (exact) mass is 309 g/mol. The van der Waals surface area contributed by atoms with Crippen LogP contribution in [0.1, 0.15) is 37.8 Å². The van der Waals surface area contributed by atoms with Crippen molar-refractivity contribution in [2.75, 3.05) is 11.4 Å². The van der Waals surface area contributed by atoms with E-state index < -0.39 is 0 Å². The van der Waals surface area contributed by atoms with Crippen molar-refractivity contribution in [3.05, 3.63) is 29.3 Å². The van der Waals surface area contributed by atoms with Crippen LogP contribution in [0.5, 0.6) is 0 Å². The summed E-state index contributed by atoms with van der Waals surface area (Å²) in [5, 5.41) is 0.